The van der Waals surface area contributed by atoms with Crippen molar-refractivity contribution in [2.75, 3.05) is 13.2 Å². The predicted octanol–water partition coefficient (Wildman–Crippen LogP) is 4.46. The molecule has 0 unspecified atom stereocenters. The number of aliphatic carboxylic acids is 1. The molecule has 3 rings (SSSR count). The predicted molar refractivity (Wildman–Crippen MR) is 125 cm³/mol. The maximum Gasteiger partial charge on any atom is 0.341 e. The lowest BCUT2D eigenvalue weighted by molar-refractivity contribution is -0.139. The number of ether oxygens (including phenoxy) is 1. The molecule has 0 aliphatic heterocycles. The van der Waals surface area contributed by atoms with E-state index in [1.54, 1.807) is 30.3 Å². The minimum atomic E-state index is -3.68. The summed E-state index contributed by atoms with van der Waals surface area (Å²) in [5.41, 5.74) is 4.81. The molecule has 1 aromatic carbocycles. The van der Waals surface area contributed by atoms with Crippen LogP contribution < -0.4 is 9.46 Å². The second-order valence-electron chi connectivity index (χ2n) is 8.01. The summed E-state index contributed by atoms with van der Waals surface area (Å²) < 4.78 is 34.0. The van der Waals surface area contributed by atoms with Gasteiger partial charge in [0.2, 0.25) is 10.0 Å². The molecular weight excluding hydrogens is 426 g/mol. The Hall–Kier alpha value is -2.90. The van der Waals surface area contributed by atoms with Gasteiger partial charge in [0.15, 0.2) is 6.61 Å². The third-order valence-electron chi connectivity index (χ3n) is 5.42. The Morgan fingerprint density at radius 2 is 1.69 bits per heavy atom. The van der Waals surface area contributed by atoms with Crippen molar-refractivity contribution in [1.82, 2.24) is 4.72 Å². The summed E-state index contributed by atoms with van der Waals surface area (Å²) >= 11 is 0. The number of hydrogen-bond donors (Lipinski definition) is 2. The Kier molecular flexibility index (Phi) is 7.53. The Labute approximate surface area is 189 Å². The van der Waals surface area contributed by atoms with Crippen LogP contribution in [0.4, 0.5) is 0 Å². The fraction of sp³-hybridized carbons (Fsp3) is 0.320. The summed E-state index contributed by atoms with van der Waals surface area (Å²) in [7, 11) is -3.68. The number of benzene rings is 1. The lowest BCUT2D eigenvalue weighted by Crippen LogP contribution is -2.26. The summed E-state index contributed by atoms with van der Waals surface area (Å²) in [6.07, 6.45) is 1.26. The van der Waals surface area contributed by atoms with Crippen molar-refractivity contribution < 1.29 is 23.1 Å². The van der Waals surface area contributed by atoms with E-state index >= 15 is 0 Å². The highest BCUT2D eigenvalue weighted by molar-refractivity contribution is 7.89. The highest BCUT2D eigenvalue weighted by Gasteiger charge is 2.24. The van der Waals surface area contributed by atoms with Gasteiger partial charge in [-0.25, -0.2) is 17.9 Å². The van der Waals surface area contributed by atoms with E-state index in [9.17, 15) is 13.2 Å². The number of carboxylic acids is 1. The van der Waals surface area contributed by atoms with Gasteiger partial charge in [0, 0.05) is 12.1 Å². The first-order chi connectivity index (χ1) is 15.2. The van der Waals surface area contributed by atoms with E-state index in [1.165, 1.54) is 0 Å². The van der Waals surface area contributed by atoms with Crippen molar-refractivity contribution >= 4 is 16.0 Å². The number of sulfonamides is 1. The zero-order valence-corrected chi connectivity index (χ0v) is 19.4. The molecule has 0 fully saturated rings. The summed E-state index contributed by atoms with van der Waals surface area (Å²) in [4.78, 5) is 10.9. The van der Waals surface area contributed by atoms with Gasteiger partial charge in [0.25, 0.3) is 0 Å². The number of fused-ring (bicyclic) bond motifs is 1. The van der Waals surface area contributed by atoms with Gasteiger partial charge in [0.05, 0.1) is 4.90 Å². The lowest BCUT2D eigenvalue weighted by atomic mass is 10.1. The summed E-state index contributed by atoms with van der Waals surface area (Å²) in [6, 6.07) is 16.7. The van der Waals surface area contributed by atoms with E-state index in [-0.39, 0.29) is 6.54 Å². The molecule has 0 radical (unpaired) electrons. The van der Waals surface area contributed by atoms with Crippen molar-refractivity contribution in [2.45, 2.75) is 44.4 Å². The molecule has 1 aromatic rings. The summed E-state index contributed by atoms with van der Waals surface area (Å²) in [5, 5.41) is 8.66. The third-order valence-corrected chi connectivity index (χ3v) is 6.92. The van der Waals surface area contributed by atoms with E-state index in [0.29, 0.717) is 23.0 Å². The molecule has 2 N–H and O–H groups in total. The number of aryl methyl sites for hydroxylation is 1. The number of carboxylic acid groups (broad SMARTS) is 1. The number of carbonyl (C=O) groups is 1. The maximum atomic E-state index is 13.1. The fourth-order valence-corrected chi connectivity index (χ4v) is 4.90. The highest BCUT2D eigenvalue weighted by atomic mass is 32.2. The molecular formula is C25H29NO5S. The van der Waals surface area contributed by atoms with Gasteiger partial charge < -0.3 is 9.84 Å². The van der Waals surface area contributed by atoms with Crippen LogP contribution in [-0.4, -0.2) is 32.6 Å². The second-order valence-corrected chi connectivity index (χ2v) is 9.75. The molecule has 32 heavy (non-hydrogen) atoms. The van der Waals surface area contributed by atoms with Crippen LogP contribution in [0.2, 0.25) is 0 Å². The zero-order valence-electron chi connectivity index (χ0n) is 18.6. The van der Waals surface area contributed by atoms with Crippen LogP contribution in [-0.2, 0) is 27.7 Å². The third kappa shape index (κ3) is 5.66. The molecule has 7 heteroatoms. The first-order valence-corrected chi connectivity index (χ1v) is 12.2. The van der Waals surface area contributed by atoms with Crippen LogP contribution in [0.5, 0.6) is 5.75 Å². The van der Waals surface area contributed by atoms with E-state index in [0.717, 1.165) is 34.2 Å². The van der Waals surface area contributed by atoms with Gasteiger partial charge in [-0.2, -0.15) is 0 Å². The standard InChI is InChI=1S/C25H29NO5S/c1-4-19-15-24(23-12-8-20(17(2)3)7-11-22(19)23)32(29,30)26-14-13-18-5-9-21(10-6-18)31-16-25(27)28/h5-12,15,17,26H,4,13-14,16H2,1-3H3,(H,27,28). The van der Waals surface area contributed by atoms with E-state index in [2.05, 4.69) is 24.6 Å². The maximum absolute atomic E-state index is 13.1. The van der Waals surface area contributed by atoms with Crippen LogP contribution in [0.15, 0.2) is 59.5 Å². The molecule has 0 saturated heterocycles. The average molecular weight is 456 g/mol. The molecule has 0 bridgehead atoms. The van der Waals surface area contributed by atoms with Gasteiger partial charge in [0.1, 0.15) is 5.75 Å². The van der Waals surface area contributed by atoms with E-state index in [4.69, 9.17) is 9.84 Å². The van der Waals surface area contributed by atoms with Gasteiger partial charge in [-0.1, -0.05) is 57.2 Å². The molecule has 0 saturated carbocycles. The molecule has 2 aliphatic carbocycles. The second kappa shape index (κ2) is 10.1. The highest BCUT2D eigenvalue weighted by Crippen LogP contribution is 2.36. The van der Waals surface area contributed by atoms with Gasteiger partial charge in [-0.3, -0.25) is 0 Å². The van der Waals surface area contributed by atoms with Crippen LogP contribution >= 0.6 is 0 Å². The van der Waals surface area contributed by atoms with Crippen molar-refractivity contribution in [1.29, 1.82) is 0 Å². The van der Waals surface area contributed by atoms with Crippen LogP contribution in [0.3, 0.4) is 0 Å². The molecule has 6 nitrogen and oxygen atoms in total. The summed E-state index contributed by atoms with van der Waals surface area (Å²) in [6.45, 7) is 6.11. The first-order valence-electron chi connectivity index (χ1n) is 10.7. The number of hydrogen-bond acceptors (Lipinski definition) is 4. The molecule has 0 aromatic heterocycles. The molecule has 2 aliphatic rings. The monoisotopic (exact) mass is 455 g/mol. The first kappa shape index (κ1) is 23.8. The molecule has 0 heterocycles. The minimum Gasteiger partial charge on any atom is -0.482 e. The van der Waals surface area contributed by atoms with Crippen molar-refractivity contribution in [2.24, 2.45) is 0 Å². The zero-order chi connectivity index (χ0) is 23.3. The normalized spacial score (nSPS) is 11.8. The van der Waals surface area contributed by atoms with E-state index < -0.39 is 22.6 Å². The van der Waals surface area contributed by atoms with Crippen molar-refractivity contribution in [3.63, 3.8) is 0 Å². The largest absolute Gasteiger partial charge is 0.482 e. The Balaban J connectivity index is 1.73. The SMILES string of the molecule is CCc1cc(S(=O)(=O)NCCc2ccc(OCC(=O)O)cc2)c2ccc(C(C)C)ccc1-2. The quantitative estimate of drug-likeness (QED) is 0.471. The molecule has 0 amide bonds. The average Bonchev–Trinajstić information content (AvgIpc) is 2.97. The van der Waals surface area contributed by atoms with Gasteiger partial charge >= 0.3 is 5.97 Å². The van der Waals surface area contributed by atoms with Gasteiger partial charge in [-0.15, -0.1) is 0 Å². The lowest BCUT2D eigenvalue weighted by Gasteiger charge is -2.08. The summed E-state index contributed by atoms with van der Waals surface area (Å²) in [5.74, 6) is -0.222. The topological polar surface area (TPSA) is 92.7 Å². The molecule has 170 valence electrons. The van der Waals surface area contributed by atoms with Crippen molar-refractivity contribution in [3.8, 4) is 16.9 Å². The number of nitrogens with one attached hydrogen (secondary N) is 1. The van der Waals surface area contributed by atoms with E-state index in [1.807, 2.05) is 25.1 Å². The van der Waals surface area contributed by atoms with Gasteiger partial charge in [-0.05, 0) is 59.2 Å². The molecule has 0 spiro atoms. The smallest absolute Gasteiger partial charge is 0.341 e. The Morgan fingerprint density at radius 3 is 2.28 bits per heavy atom. The van der Waals surface area contributed by atoms with Crippen LogP contribution in [0.25, 0.3) is 11.1 Å². The van der Waals surface area contributed by atoms with Crippen LogP contribution in [0.1, 0.15) is 43.4 Å². The van der Waals surface area contributed by atoms with Crippen molar-refractivity contribution in [3.05, 3.63) is 71.3 Å². The number of rotatable bonds is 10. The van der Waals surface area contributed by atoms with Crippen LogP contribution in [0, 0.1) is 0 Å². The Morgan fingerprint density at radius 1 is 1.03 bits per heavy atom. The minimum absolute atomic E-state index is 0.252. The Bertz CT molecular complexity index is 1150. The fourth-order valence-electron chi connectivity index (χ4n) is 3.61. The molecule has 0 atom stereocenters.